The minimum atomic E-state index is 0.904. The molecule has 0 aliphatic rings. The molecule has 0 aliphatic carbocycles. The van der Waals surface area contributed by atoms with Crippen LogP contribution in [0.3, 0.4) is 0 Å². The van der Waals surface area contributed by atoms with Crippen molar-refractivity contribution >= 4 is 65.6 Å². The van der Waals surface area contributed by atoms with Gasteiger partial charge < -0.3 is 13.6 Å². The van der Waals surface area contributed by atoms with Gasteiger partial charge in [-0.2, -0.15) is 0 Å². The molecule has 3 heterocycles. The summed E-state index contributed by atoms with van der Waals surface area (Å²) < 4.78 is 11.1. The third kappa shape index (κ3) is 5.67. The predicted octanol–water partition coefficient (Wildman–Crippen LogP) is 16.4. The highest BCUT2D eigenvalue weighted by molar-refractivity contribution is 6.24. The molecule has 3 nitrogen and oxygen atoms in total. The molecule has 0 N–H and O–H groups in total. The maximum absolute atomic E-state index is 6.34. The van der Waals surface area contributed by atoms with E-state index in [0.717, 1.165) is 33.3 Å². The van der Waals surface area contributed by atoms with Gasteiger partial charge in [-0.15, -0.1) is 0 Å². The molecule has 0 fully saturated rings. The molecule has 0 bridgehead atoms. The molecular formula is C60H38N2O. The standard InChI is InChI=1S/C60H38N2O/c1-3-11-39(12-4-1)45-27-34-55-52(37-45)53-38-46(40-13-5-2-6-14-40)28-35-56(53)61(55)47-29-23-43(24-30-47)41-19-21-42(22-20-41)44-25-31-48(32-26-44)62-54-17-9-7-15-49(54)50-33-36-58-59(60(50)62)51-16-8-10-18-57(51)63-58/h1-38H. The van der Waals surface area contributed by atoms with Crippen molar-refractivity contribution in [3.8, 4) is 55.9 Å². The average Bonchev–Trinajstić information content (AvgIpc) is 4.02. The molecule has 294 valence electrons. The van der Waals surface area contributed by atoms with Crippen LogP contribution in [0, 0.1) is 0 Å². The molecule has 10 aromatic carbocycles. The molecule has 0 radical (unpaired) electrons. The molecule has 0 aliphatic heterocycles. The molecule has 0 amide bonds. The van der Waals surface area contributed by atoms with E-state index in [9.17, 15) is 0 Å². The van der Waals surface area contributed by atoms with Crippen molar-refractivity contribution in [2.24, 2.45) is 0 Å². The van der Waals surface area contributed by atoms with Crippen molar-refractivity contribution in [3.63, 3.8) is 0 Å². The smallest absolute Gasteiger partial charge is 0.137 e. The molecule has 0 spiro atoms. The van der Waals surface area contributed by atoms with Crippen molar-refractivity contribution in [2.45, 2.75) is 0 Å². The largest absolute Gasteiger partial charge is 0.456 e. The van der Waals surface area contributed by atoms with E-state index in [-0.39, 0.29) is 0 Å². The number of nitrogens with zero attached hydrogens (tertiary/aromatic N) is 2. The first-order valence-corrected chi connectivity index (χ1v) is 21.6. The van der Waals surface area contributed by atoms with E-state index in [1.807, 2.05) is 6.07 Å². The van der Waals surface area contributed by atoms with Gasteiger partial charge in [0.1, 0.15) is 11.2 Å². The fourth-order valence-corrected chi connectivity index (χ4v) is 9.92. The highest BCUT2D eigenvalue weighted by atomic mass is 16.3. The Morgan fingerprint density at radius 3 is 1.25 bits per heavy atom. The van der Waals surface area contributed by atoms with Crippen LogP contribution in [0.5, 0.6) is 0 Å². The number of fused-ring (bicyclic) bond motifs is 10. The number of hydrogen-bond donors (Lipinski definition) is 0. The van der Waals surface area contributed by atoms with E-state index in [2.05, 4.69) is 234 Å². The summed E-state index contributed by atoms with van der Waals surface area (Å²) in [6.07, 6.45) is 0. The van der Waals surface area contributed by atoms with E-state index in [1.54, 1.807) is 0 Å². The predicted molar refractivity (Wildman–Crippen MR) is 264 cm³/mol. The third-order valence-corrected chi connectivity index (χ3v) is 13.0. The first-order chi connectivity index (χ1) is 31.2. The molecule has 13 aromatic rings. The minimum absolute atomic E-state index is 0.904. The summed E-state index contributed by atoms with van der Waals surface area (Å²) in [5.74, 6) is 0. The first kappa shape index (κ1) is 35.4. The summed E-state index contributed by atoms with van der Waals surface area (Å²) >= 11 is 0. The molecule has 63 heavy (non-hydrogen) atoms. The topological polar surface area (TPSA) is 23.0 Å². The molecule has 0 unspecified atom stereocenters. The zero-order chi connectivity index (χ0) is 41.4. The number of para-hydroxylation sites is 2. The maximum atomic E-state index is 6.34. The molecule has 3 heteroatoms. The van der Waals surface area contributed by atoms with Gasteiger partial charge in [0, 0.05) is 38.3 Å². The number of rotatable bonds is 6. The average molecular weight is 803 g/mol. The van der Waals surface area contributed by atoms with Crippen LogP contribution in [-0.2, 0) is 0 Å². The van der Waals surface area contributed by atoms with Gasteiger partial charge in [0.25, 0.3) is 0 Å². The summed E-state index contributed by atoms with van der Waals surface area (Å²) in [7, 11) is 0. The van der Waals surface area contributed by atoms with Crippen LogP contribution in [-0.4, -0.2) is 9.13 Å². The second-order valence-electron chi connectivity index (χ2n) is 16.5. The maximum Gasteiger partial charge on any atom is 0.137 e. The van der Waals surface area contributed by atoms with E-state index in [4.69, 9.17) is 4.42 Å². The number of furan rings is 1. The Morgan fingerprint density at radius 1 is 0.254 bits per heavy atom. The quantitative estimate of drug-likeness (QED) is 0.164. The number of benzene rings is 10. The van der Waals surface area contributed by atoms with Crippen molar-refractivity contribution in [3.05, 3.63) is 231 Å². The van der Waals surface area contributed by atoms with Gasteiger partial charge in [-0.1, -0.05) is 158 Å². The monoisotopic (exact) mass is 802 g/mol. The van der Waals surface area contributed by atoms with E-state index in [0.29, 0.717) is 0 Å². The van der Waals surface area contributed by atoms with Gasteiger partial charge in [0.2, 0.25) is 0 Å². The normalized spacial score (nSPS) is 11.8. The van der Waals surface area contributed by atoms with Crippen LogP contribution >= 0.6 is 0 Å². The second kappa shape index (κ2) is 14.1. The Balaban J connectivity index is 0.837. The Morgan fingerprint density at radius 2 is 0.683 bits per heavy atom. The van der Waals surface area contributed by atoms with Gasteiger partial charge >= 0.3 is 0 Å². The Bertz CT molecular complexity index is 3760. The SMILES string of the molecule is c1ccc(-c2ccc3c(c2)c2cc(-c4ccccc4)ccc2n3-c2ccc(-c3ccc(-c4ccc(-n5c6ccccc6c6ccc7oc8ccccc8c7c65)cc4)cc3)cc2)cc1. The molecule has 0 saturated carbocycles. The van der Waals surface area contributed by atoms with Crippen LogP contribution in [0.4, 0.5) is 0 Å². The highest BCUT2D eigenvalue weighted by Gasteiger charge is 2.19. The Kier molecular flexibility index (Phi) is 7.91. The van der Waals surface area contributed by atoms with Gasteiger partial charge in [-0.05, 0) is 117 Å². The van der Waals surface area contributed by atoms with Crippen molar-refractivity contribution in [1.82, 2.24) is 9.13 Å². The summed E-state index contributed by atoms with van der Waals surface area (Å²) in [5.41, 5.74) is 18.4. The Hall–Kier alpha value is -8.40. The zero-order valence-corrected chi connectivity index (χ0v) is 34.2. The lowest BCUT2D eigenvalue weighted by Gasteiger charge is -2.11. The second-order valence-corrected chi connectivity index (χ2v) is 16.5. The van der Waals surface area contributed by atoms with Gasteiger partial charge in [-0.25, -0.2) is 0 Å². The fraction of sp³-hybridized carbons (Fsp3) is 0. The number of aromatic nitrogens is 2. The lowest BCUT2D eigenvalue weighted by molar-refractivity contribution is 0.669. The minimum Gasteiger partial charge on any atom is -0.456 e. The van der Waals surface area contributed by atoms with Crippen LogP contribution < -0.4 is 0 Å². The van der Waals surface area contributed by atoms with Crippen molar-refractivity contribution < 1.29 is 4.42 Å². The first-order valence-electron chi connectivity index (χ1n) is 21.6. The summed E-state index contributed by atoms with van der Waals surface area (Å²) in [4.78, 5) is 0. The van der Waals surface area contributed by atoms with Crippen LogP contribution in [0.2, 0.25) is 0 Å². The summed E-state index contributed by atoms with van der Waals surface area (Å²) in [5, 5.41) is 7.23. The van der Waals surface area contributed by atoms with Gasteiger partial charge in [0.15, 0.2) is 0 Å². The van der Waals surface area contributed by atoms with Gasteiger partial charge in [0.05, 0.1) is 27.5 Å². The molecule has 0 atom stereocenters. The molecule has 0 saturated heterocycles. The van der Waals surface area contributed by atoms with Crippen LogP contribution in [0.25, 0.3) is 121 Å². The van der Waals surface area contributed by atoms with E-state index >= 15 is 0 Å². The third-order valence-electron chi connectivity index (χ3n) is 13.0. The van der Waals surface area contributed by atoms with E-state index < -0.39 is 0 Å². The summed E-state index contributed by atoms with van der Waals surface area (Å²) in [6, 6.07) is 83.4. The van der Waals surface area contributed by atoms with E-state index in [1.165, 1.54) is 88.1 Å². The number of hydrogen-bond acceptors (Lipinski definition) is 1. The van der Waals surface area contributed by atoms with Crippen molar-refractivity contribution in [2.75, 3.05) is 0 Å². The molecule has 13 rings (SSSR count). The highest BCUT2D eigenvalue weighted by Crippen LogP contribution is 2.42. The van der Waals surface area contributed by atoms with Gasteiger partial charge in [-0.3, -0.25) is 0 Å². The lowest BCUT2D eigenvalue weighted by atomic mass is 10.00. The molecular weight excluding hydrogens is 765 g/mol. The Labute approximate surface area is 363 Å². The fourth-order valence-electron chi connectivity index (χ4n) is 9.92. The molecule has 3 aromatic heterocycles. The summed E-state index contributed by atoms with van der Waals surface area (Å²) in [6.45, 7) is 0. The lowest BCUT2D eigenvalue weighted by Crippen LogP contribution is -1.94. The zero-order valence-electron chi connectivity index (χ0n) is 34.2. The van der Waals surface area contributed by atoms with Crippen molar-refractivity contribution in [1.29, 1.82) is 0 Å². The van der Waals surface area contributed by atoms with Crippen LogP contribution in [0.1, 0.15) is 0 Å². The van der Waals surface area contributed by atoms with Crippen LogP contribution in [0.15, 0.2) is 235 Å².